The molecule has 0 radical (unpaired) electrons. The Hall–Kier alpha value is -1.93. The molecule has 0 saturated heterocycles. The maximum absolute atomic E-state index is 12.8. The summed E-state index contributed by atoms with van der Waals surface area (Å²) in [4.78, 5) is 25.1. The summed E-state index contributed by atoms with van der Waals surface area (Å²) in [5, 5.41) is 5.44. The minimum Gasteiger partial charge on any atom is -0.350 e. The second-order valence-corrected chi connectivity index (χ2v) is 11.1. The first-order chi connectivity index (χ1) is 13.9. The van der Waals surface area contributed by atoms with Crippen LogP contribution in [0.3, 0.4) is 0 Å². The summed E-state index contributed by atoms with van der Waals surface area (Å²) < 4.78 is 26.8. The van der Waals surface area contributed by atoms with E-state index in [4.69, 9.17) is 0 Å². The molecule has 30 heavy (non-hydrogen) atoms. The highest BCUT2D eigenvalue weighted by Gasteiger charge is 2.30. The van der Waals surface area contributed by atoms with Crippen LogP contribution >= 0.6 is 0 Å². The molecule has 0 bridgehead atoms. The summed E-state index contributed by atoms with van der Waals surface area (Å²) in [6.45, 7) is 10.9. The summed E-state index contributed by atoms with van der Waals surface area (Å²) in [7, 11) is -3.30. The van der Waals surface area contributed by atoms with Gasteiger partial charge in [-0.05, 0) is 90.5 Å². The van der Waals surface area contributed by atoms with Gasteiger partial charge in [0.15, 0.2) is 0 Å². The molecule has 7 nitrogen and oxygen atoms in total. The normalized spacial score (nSPS) is 19.7. The Labute approximate surface area is 180 Å². The molecular weight excluding hydrogens is 402 g/mol. The van der Waals surface area contributed by atoms with Crippen LogP contribution in [0.4, 0.5) is 5.69 Å². The minimum absolute atomic E-state index is 0.0502. The zero-order valence-electron chi connectivity index (χ0n) is 18.8. The molecule has 0 aliphatic heterocycles. The van der Waals surface area contributed by atoms with Gasteiger partial charge in [0.05, 0.1) is 5.25 Å². The molecule has 0 atom stereocenters. The van der Waals surface area contributed by atoms with Crippen molar-refractivity contribution in [2.24, 2.45) is 5.92 Å². The van der Waals surface area contributed by atoms with E-state index < -0.39 is 15.3 Å². The number of hydrogen-bond acceptors (Lipinski definition) is 4. The molecule has 2 amide bonds. The molecule has 1 aromatic carbocycles. The molecule has 1 aliphatic carbocycles. The lowest BCUT2D eigenvalue weighted by Crippen LogP contribution is -2.42. The second-order valence-electron chi connectivity index (χ2n) is 8.86. The quantitative estimate of drug-likeness (QED) is 0.609. The van der Waals surface area contributed by atoms with Crippen LogP contribution in [0.15, 0.2) is 12.1 Å². The van der Waals surface area contributed by atoms with Crippen molar-refractivity contribution in [3.8, 4) is 0 Å². The fourth-order valence-electron chi connectivity index (χ4n) is 3.70. The van der Waals surface area contributed by atoms with Gasteiger partial charge in [-0.2, -0.15) is 0 Å². The fourth-order valence-corrected chi connectivity index (χ4v) is 4.68. The molecule has 1 aromatic rings. The molecule has 2 rings (SSSR count). The van der Waals surface area contributed by atoms with E-state index in [0.29, 0.717) is 31.2 Å². The van der Waals surface area contributed by atoms with Crippen LogP contribution in [-0.2, 0) is 14.8 Å². The van der Waals surface area contributed by atoms with Crippen LogP contribution in [0.5, 0.6) is 0 Å². The van der Waals surface area contributed by atoms with Gasteiger partial charge in [-0.15, -0.1) is 0 Å². The van der Waals surface area contributed by atoms with E-state index in [1.807, 2.05) is 27.7 Å². The van der Waals surface area contributed by atoms with Crippen LogP contribution in [0.1, 0.15) is 74.9 Å². The summed E-state index contributed by atoms with van der Waals surface area (Å²) in [6.07, 6.45) is 2.58. The summed E-state index contributed by atoms with van der Waals surface area (Å²) in [6, 6.07) is 3.52. The Bertz CT molecular complexity index is 863. The highest BCUT2D eigenvalue weighted by molar-refractivity contribution is 7.90. The summed E-state index contributed by atoms with van der Waals surface area (Å²) >= 11 is 0. The first-order valence-corrected chi connectivity index (χ1v) is 12.2. The molecule has 1 fully saturated rings. The monoisotopic (exact) mass is 437 g/mol. The number of hydrogen-bond donors (Lipinski definition) is 3. The van der Waals surface area contributed by atoms with E-state index >= 15 is 0 Å². The van der Waals surface area contributed by atoms with Crippen LogP contribution in [-0.4, -0.2) is 37.6 Å². The lowest BCUT2D eigenvalue weighted by Gasteiger charge is -2.29. The van der Waals surface area contributed by atoms with Crippen molar-refractivity contribution in [3.63, 3.8) is 0 Å². The summed E-state index contributed by atoms with van der Waals surface area (Å²) in [5.41, 5.74) is 3.00. The van der Waals surface area contributed by atoms with Crippen molar-refractivity contribution in [2.75, 3.05) is 5.32 Å². The number of anilines is 1. The highest BCUT2D eigenvalue weighted by Crippen LogP contribution is 2.28. The molecule has 0 aromatic heterocycles. The molecule has 8 heteroatoms. The highest BCUT2D eigenvalue weighted by atomic mass is 32.2. The van der Waals surface area contributed by atoms with Crippen LogP contribution in [0, 0.1) is 19.8 Å². The first kappa shape index (κ1) is 24.3. The Morgan fingerprint density at radius 3 is 1.97 bits per heavy atom. The lowest BCUT2D eigenvalue weighted by atomic mass is 9.85. The molecule has 1 saturated carbocycles. The van der Waals surface area contributed by atoms with Crippen molar-refractivity contribution >= 4 is 27.5 Å². The van der Waals surface area contributed by atoms with Crippen LogP contribution in [0.2, 0.25) is 0 Å². The van der Waals surface area contributed by atoms with Gasteiger partial charge in [0.25, 0.3) is 5.91 Å². The number of nitrogens with one attached hydrogen (secondary N) is 3. The zero-order chi connectivity index (χ0) is 22.6. The molecular formula is C22H35N3O4S. The summed E-state index contributed by atoms with van der Waals surface area (Å²) in [5.74, 6) is -0.325. The number of sulfonamides is 1. The Balaban J connectivity index is 1.99. The number of carbonyl (C=O) groups excluding carboxylic acids is 2. The topological polar surface area (TPSA) is 104 Å². The average molecular weight is 438 g/mol. The van der Waals surface area contributed by atoms with E-state index in [1.54, 1.807) is 26.0 Å². The number of carbonyl (C=O) groups is 2. The zero-order valence-corrected chi connectivity index (χ0v) is 19.7. The number of benzene rings is 1. The molecule has 3 N–H and O–H groups in total. The second kappa shape index (κ2) is 9.92. The molecule has 0 unspecified atom stereocenters. The predicted octanol–water partition coefficient (Wildman–Crippen LogP) is 3.27. The Morgan fingerprint density at radius 1 is 0.967 bits per heavy atom. The van der Waals surface area contributed by atoms with E-state index in [2.05, 4.69) is 15.4 Å². The Kier molecular flexibility index (Phi) is 8.05. The van der Waals surface area contributed by atoms with Gasteiger partial charge in [0, 0.05) is 29.3 Å². The van der Waals surface area contributed by atoms with Gasteiger partial charge in [0.1, 0.15) is 0 Å². The minimum atomic E-state index is -3.30. The SMILES string of the molecule is Cc1cc(C(=O)NC(C)C)cc(C)c1NC(=O)[C@H]1CC[C@H](NS(=O)(=O)C(C)C)CC1. The Morgan fingerprint density at radius 2 is 1.50 bits per heavy atom. The van der Waals surface area contributed by atoms with Crippen molar-refractivity contribution < 1.29 is 18.0 Å². The van der Waals surface area contributed by atoms with Gasteiger partial charge in [-0.25, -0.2) is 13.1 Å². The van der Waals surface area contributed by atoms with Gasteiger partial charge in [-0.1, -0.05) is 0 Å². The third kappa shape index (κ3) is 6.28. The maximum Gasteiger partial charge on any atom is 0.251 e. The van der Waals surface area contributed by atoms with Crippen molar-refractivity contribution in [1.29, 1.82) is 0 Å². The standard InChI is InChI=1S/C22H35N3O4S/c1-13(2)23-22(27)18-11-15(5)20(16(6)12-18)24-21(26)17-7-9-19(10-8-17)25-30(28,29)14(3)4/h11-14,17,19,25H,7-10H2,1-6H3,(H,23,27)(H,24,26)/t17-,19-. The molecule has 1 aliphatic rings. The largest absolute Gasteiger partial charge is 0.350 e. The van der Waals surface area contributed by atoms with Gasteiger partial charge < -0.3 is 10.6 Å². The first-order valence-electron chi connectivity index (χ1n) is 10.6. The fraction of sp³-hybridized carbons (Fsp3) is 0.636. The van der Waals surface area contributed by atoms with E-state index in [1.165, 1.54) is 0 Å². The van der Waals surface area contributed by atoms with Gasteiger partial charge >= 0.3 is 0 Å². The van der Waals surface area contributed by atoms with Crippen molar-refractivity contribution in [1.82, 2.24) is 10.0 Å². The van der Waals surface area contributed by atoms with Crippen LogP contribution < -0.4 is 15.4 Å². The van der Waals surface area contributed by atoms with Gasteiger partial charge in [0.2, 0.25) is 15.9 Å². The number of aryl methyl sites for hydroxylation is 2. The predicted molar refractivity (Wildman–Crippen MR) is 120 cm³/mol. The third-order valence-electron chi connectivity index (χ3n) is 5.51. The van der Waals surface area contributed by atoms with Crippen molar-refractivity contribution in [3.05, 3.63) is 28.8 Å². The van der Waals surface area contributed by atoms with E-state index in [0.717, 1.165) is 16.8 Å². The molecule has 168 valence electrons. The lowest BCUT2D eigenvalue weighted by molar-refractivity contribution is -0.120. The molecule has 0 heterocycles. The third-order valence-corrected chi connectivity index (χ3v) is 7.42. The van der Waals surface area contributed by atoms with E-state index in [-0.39, 0.29) is 29.8 Å². The van der Waals surface area contributed by atoms with Crippen LogP contribution in [0.25, 0.3) is 0 Å². The van der Waals surface area contributed by atoms with Gasteiger partial charge in [-0.3, -0.25) is 9.59 Å². The van der Waals surface area contributed by atoms with E-state index in [9.17, 15) is 18.0 Å². The maximum atomic E-state index is 12.8. The number of rotatable bonds is 7. The molecule has 0 spiro atoms. The smallest absolute Gasteiger partial charge is 0.251 e. The number of amides is 2. The van der Waals surface area contributed by atoms with Crippen molar-refractivity contribution in [2.45, 2.75) is 84.6 Å². The average Bonchev–Trinajstić information content (AvgIpc) is 2.64.